The summed E-state index contributed by atoms with van der Waals surface area (Å²) in [7, 11) is 0. The minimum absolute atomic E-state index is 0.0885. The van der Waals surface area contributed by atoms with Crippen molar-refractivity contribution in [2.75, 3.05) is 12.3 Å². The van der Waals surface area contributed by atoms with Crippen LogP contribution in [0.5, 0.6) is 0 Å². The second-order valence-electron chi connectivity index (χ2n) is 5.00. The first-order valence-corrected chi connectivity index (χ1v) is 8.91. The summed E-state index contributed by atoms with van der Waals surface area (Å²) in [6.45, 7) is 0.236. The number of thioether (sulfide) groups is 1. The first-order valence-electron chi connectivity index (χ1n) is 6.94. The summed E-state index contributed by atoms with van der Waals surface area (Å²) >= 11 is 3.50. The number of fused-ring (bicyclic) bond motifs is 1. The molecule has 0 aliphatic carbocycles. The predicted molar refractivity (Wildman–Crippen MR) is 87.9 cm³/mol. The summed E-state index contributed by atoms with van der Waals surface area (Å²) in [5.74, 6) is 2.06. The van der Waals surface area contributed by atoms with Gasteiger partial charge in [0.15, 0.2) is 0 Å². The minimum atomic E-state index is -0.666. The Bertz CT molecular complexity index is 601. The molecule has 2 heterocycles. The second kappa shape index (κ2) is 6.64. The number of carbonyl (C=O) groups excluding carboxylic acids is 1. The Morgan fingerprint density at radius 3 is 2.90 bits per heavy atom. The van der Waals surface area contributed by atoms with E-state index in [4.69, 9.17) is 0 Å². The van der Waals surface area contributed by atoms with Gasteiger partial charge in [-0.2, -0.15) is 11.8 Å². The number of benzene rings is 1. The lowest BCUT2D eigenvalue weighted by Gasteiger charge is -2.11. The number of thiophene rings is 1. The molecular weight excluding hydrogens is 302 g/mol. The number of aryl methyl sites for hydroxylation is 1. The van der Waals surface area contributed by atoms with Gasteiger partial charge in [0.2, 0.25) is 0 Å². The van der Waals surface area contributed by atoms with E-state index in [2.05, 4.69) is 5.32 Å². The first-order chi connectivity index (χ1) is 10.2. The van der Waals surface area contributed by atoms with Crippen LogP contribution in [0.4, 0.5) is 0 Å². The van der Waals surface area contributed by atoms with E-state index in [1.165, 1.54) is 10.4 Å². The fourth-order valence-electron chi connectivity index (χ4n) is 2.33. The van der Waals surface area contributed by atoms with Crippen LogP contribution in [0.25, 0.3) is 0 Å². The predicted octanol–water partition coefficient (Wildman–Crippen LogP) is 3.00. The van der Waals surface area contributed by atoms with E-state index >= 15 is 0 Å². The zero-order valence-corrected chi connectivity index (χ0v) is 13.2. The van der Waals surface area contributed by atoms with E-state index in [1.54, 1.807) is 11.3 Å². The van der Waals surface area contributed by atoms with E-state index in [0.29, 0.717) is 0 Å². The Balaban J connectivity index is 1.60. The fraction of sp³-hybridized carbons (Fsp3) is 0.312. The zero-order valence-electron chi connectivity index (χ0n) is 11.5. The summed E-state index contributed by atoms with van der Waals surface area (Å²) < 4.78 is 0. The molecule has 2 aromatic rings. The van der Waals surface area contributed by atoms with Crippen molar-refractivity contribution in [2.24, 2.45) is 0 Å². The van der Waals surface area contributed by atoms with Gasteiger partial charge in [0.1, 0.15) is 0 Å². The molecule has 110 valence electrons. The molecule has 3 nitrogen and oxygen atoms in total. The first kappa shape index (κ1) is 14.6. The molecule has 0 fully saturated rings. The number of hydrogen-bond acceptors (Lipinski definition) is 4. The van der Waals surface area contributed by atoms with Crippen molar-refractivity contribution in [1.82, 2.24) is 5.32 Å². The van der Waals surface area contributed by atoms with E-state index in [0.717, 1.165) is 28.4 Å². The largest absolute Gasteiger partial charge is 0.387 e. The van der Waals surface area contributed by atoms with Gasteiger partial charge in [-0.3, -0.25) is 4.79 Å². The smallest absolute Gasteiger partial charge is 0.261 e. The number of amides is 1. The molecule has 5 heteroatoms. The van der Waals surface area contributed by atoms with Crippen molar-refractivity contribution in [1.29, 1.82) is 0 Å². The molecule has 1 amide bonds. The SMILES string of the molecule is O=C(NCC(O)c1ccccc1)c1cc2c(s1)CCSC2. The molecule has 1 unspecified atom stereocenters. The van der Waals surface area contributed by atoms with Crippen molar-refractivity contribution in [3.05, 3.63) is 57.3 Å². The van der Waals surface area contributed by atoms with Crippen molar-refractivity contribution in [3.63, 3.8) is 0 Å². The topological polar surface area (TPSA) is 49.3 Å². The van der Waals surface area contributed by atoms with Gasteiger partial charge in [-0.1, -0.05) is 30.3 Å². The van der Waals surface area contributed by atoms with Crippen LogP contribution in [0, 0.1) is 0 Å². The van der Waals surface area contributed by atoms with Gasteiger partial charge in [-0.05, 0) is 29.4 Å². The molecule has 1 aromatic carbocycles. The summed E-state index contributed by atoms with van der Waals surface area (Å²) in [6.07, 6.45) is 0.394. The van der Waals surface area contributed by atoms with Crippen LogP contribution < -0.4 is 5.32 Å². The maximum absolute atomic E-state index is 12.2. The lowest BCUT2D eigenvalue weighted by molar-refractivity contribution is 0.0920. The molecular formula is C16H17NO2S2. The molecule has 0 radical (unpaired) electrons. The summed E-state index contributed by atoms with van der Waals surface area (Å²) in [4.78, 5) is 14.3. The van der Waals surface area contributed by atoms with Crippen LogP contribution in [0.1, 0.15) is 31.8 Å². The highest BCUT2D eigenvalue weighted by Gasteiger charge is 2.18. The highest BCUT2D eigenvalue weighted by atomic mass is 32.2. The molecule has 1 atom stereocenters. The van der Waals surface area contributed by atoms with Gasteiger partial charge in [0.25, 0.3) is 5.91 Å². The number of aliphatic hydroxyl groups excluding tert-OH is 1. The lowest BCUT2D eigenvalue weighted by Crippen LogP contribution is -2.27. The molecule has 3 rings (SSSR count). The zero-order chi connectivity index (χ0) is 14.7. The van der Waals surface area contributed by atoms with E-state index < -0.39 is 6.10 Å². The highest BCUT2D eigenvalue weighted by molar-refractivity contribution is 7.98. The maximum atomic E-state index is 12.2. The van der Waals surface area contributed by atoms with Crippen molar-refractivity contribution >= 4 is 29.0 Å². The Hall–Kier alpha value is -1.30. The molecule has 0 saturated heterocycles. The Kier molecular flexibility index (Phi) is 4.63. The quantitative estimate of drug-likeness (QED) is 0.911. The van der Waals surface area contributed by atoms with E-state index in [-0.39, 0.29) is 12.5 Å². The van der Waals surface area contributed by atoms with Gasteiger partial charge in [0.05, 0.1) is 11.0 Å². The summed E-state index contributed by atoms with van der Waals surface area (Å²) in [5.41, 5.74) is 2.12. The number of nitrogens with one attached hydrogen (secondary N) is 1. The third-order valence-electron chi connectivity index (χ3n) is 3.49. The van der Waals surface area contributed by atoms with Gasteiger partial charge < -0.3 is 10.4 Å². The highest BCUT2D eigenvalue weighted by Crippen LogP contribution is 2.31. The Morgan fingerprint density at radius 1 is 1.33 bits per heavy atom. The number of aliphatic hydroxyl groups is 1. The van der Waals surface area contributed by atoms with Crippen LogP contribution in [0.15, 0.2) is 36.4 Å². The minimum Gasteiger partial charge on any atom is -0.387 e. The van der Waals surface area contributed by atoms with E-state index in [1.807, 2.05) is 48.2 Å². The average Bonchev–Trinajstić information content (AvgIpc) is 2.97. The monoisotopic (exact) mass is 319 g/mol. The normalized spacial score (nSPS) is 15.3. The fourth-order valence-corrected chi connectivity index (χ4v) is 4.62. The average molecular weight is 319 g/mol. The molecule has 0 bridgehead atoms. The molecule has 0 spiro atoms. The second-order valence-corrected chi connectivity index (χ2v) is 7.24. The van der Waals surface area contributed by atoms with Gasteiger partial charge >= 0.3 is 0 Å². The van der Waals surface area contributed by atoms with Crippen molar-refractivity contribution in [2.45, 2.75) is 18.3 Å². The van der Waals surface area contributed by atoms with Crippen LogP contribution >= 0.6 is 23.1 Å². The van der Waals surface area contributed by atoms with Crippen LogP contribution in [0.3, 0.4) is 0 Å². The number of carbonyl (C=O) groups is 1. The van der Waals surface area contributed by atoms with Crippen molar-refractivity contribution < 1.29 is 9.90 Å². The maximum Gasteiger partial charge on any atom is 0.261 e. The third-order valence-corrected chi connectivity index (χ3v) is 5.74. The third kappa shape index (κ3) is 3.48. The molecule has 1 aliphatic heterocycles. The molecule has 21 heavy (non-hydrogen) atoms. The standard InChI is InChI=1S/C16H17NO2S2/c18-13(11-4-2-1-3-5-11)9-17-16(19)15-8-12-10-20-7-6-14(12)21-15/h1-5,8,13,18H,6-7,9-10H2,(H,17,19). The number of hydrogen-bond donors (Lipinski definition) is 2. The molecule has 2 N–H and O–H groups in total. The molecule has 0 saturated carbocycles. The van der Waals surface area contributed by atoms with Crippen LogP contribution in [0.2, 0.25) is 0 Å². The summed E-state index contributed by atoms with van der Waals surface area (Å²) in [5, 5.41) is 12.9. The Morgan fingerprint density at radius 2 is 2.14 bits per heavy atom. The Labute approximate surface area is 132 Å². The number of rotatable bonds is 4. The van der Waals surface area contributed by atoms with E-state index in [9.17, 15) is 9.90 Å². The van der Waals surface area contributed by atoms with Crippen molar-refractivity contribution in [3.8, 4) is 0 Å². The molecule has 1 aliphatic rings. The molecule has 1 aromatic heterocycles. The summed E-state index contributed by atoms with van der Waals surface area (Å²) in [6, 6.07) is 11.4. The lowest BCUT2D eigenvalue weighted by atomic mass is 10.1. The van der Waals surface area contributed by atoms with Crippen LogP contribution in [-0.2, 0) is 12.2 Å². The van der Waals surface area contributed by atoms with Gasteiger partial charge in [-0.15, -0.1) is 11.3 Å². The van der Waals surface area contributed by atoms with Gasteiger partial charge in [-0.25, -0.2) is 0 Å². The van der Waals surface area contributed by atoms with Crippen LogP contribution in [-0.4, -0.2) is 23.3 Å². The van der Waals surface area contributed by atoms with Gasteiger partial charge in [0, 0.05) is 17.2 Å².